The van der Waals surface area contributed by atoms with Crippen molar-refractivity contribution in [3.63, 3.8) is 0 Å². The molecule has 8 bridgehead atoms. The Labute approximate surface area is 314 Å². The first-order valence-electron chi connectivity index (χ1n) is 15.5. The van der Waals surface area contributed by atoms with Crippen LogP contribution in [-0.2, 0) is 44.3 Å². The molecule has 5 rings (SSSR count). The van der Waals surface area contributed by atoms with Crippen molar-refractivity contribution in [1.82, 2.24) is 19.9 Å². The van der Waals surface area contributed by atoms with Crippen molar-refractivity contribution >= 4 is 74.9 Å². The molecule has 1 radical (unpaired) electrons. The van der Waals surface area contributed by atoms with Gasteiger partial charge in [-0.15, -0.1) is 22.1 Å². The number of nitrogens with zero attached hydrogens (tertiary/aromatic N) is 4. The number of aliphatic carboxylic acids is 3. The van der Waals surface area contributed by atoms with Gasteiger partial charge in [-0.1, -0.05) is 65.8 Å². The Kier molecular flexibility index (Phi) is 15.0. The molecule has 2 aliphatic rings. The van der Waals surface area contributed by atoms with Gasteiger partial charge in [-0.05, 0) is 70.6 Å². The maximum Gasteiger partial charge on any atom is 3.00 e. The Morgan fingerprint density at radius 1 is 0.765 bits per heavy atom. The van der Waals surface area contributed by atoms with Crippen molar-refractivity contribution in [3.8, 4) is 0 Å². The number of rotatable bonds is 10. The van der Waals surface area contributed by atoms with E-state index in [1.54, 1.807) is 18.2 Å². The number of carboxylic acid groups (broad SMARTS) is 3. The molecule has 3 aromatic rings. The van der Waals surface area contributed by atoms with Crippen molar-refractivity contribution in [2.24, 2.45) is 5.73 Å². The molecule has 51 heavy (non-hydrogen) atoms. The van der Waals surface area contributed by atoms with E-state index in [2.05, 4.69) is 25.8 Å². The molecule has 2 aliphatic heterocycles. The molecule has 0 saturated heterocycles. The minimum absolute atomic E-state index is 0. The number of carbonyl (C=O) groups is 3. The zero-order chi connectivity index (χ0) is 36.2. The molecule has 4 N–H and O–H groups in total. The molecule has 5 heterocycles. The number of carboxylic acids is 3. The molecule has 14 heteroatoms. The number of nitrogens with two attached hydrogens (primary N) is 1. The first-order valence-corrected chi connectivity index (χ1v) is 16.1. The molecule has 0 amide bonds. The molecule has 0 saturated carbocycles. The van der Waals surface area contributed by atoms with Gasteiger partial charge in [0, 0.05) is 28.8 Å². The molecule has 3 aromatic heterocycles. The summed E-state index contributed by atoms with van der Waals surface area (Å²) in [5.74, 6) is -3.44. The summed E-state index contributed by atoms with van der Waals surface area (Å²) in [6, 6.07) is 6.59. The third kappa shape index (κ3) is 9.34. The van der Waals surface area contributed by atoms with Crippen molar-refractivity contribution in [3.05, 3.63) is 94.6 Å². The SMILES string of the molecule is C=CC1=C(C)c2cc3[n-]c(cc4[n-]c(cc5nc(cc1n2)C(C)=C5C=C)c(C)c4CCC(=O)[O-])c(CCC(=O)[O-])c3C.N[C@@H](CS)C(=O)[O-].O.[Fe+3].[H+].[H+]. The fourth-order valence-electron chi connectivity index (χ4n) is 5.68. The molecule has 269 valence electrons. The Morgan fingerprint density at radius 2 is 1.16 bits per heavy atom. The van der Waals surface area contributed by atoms with Crippen LogP contribution in [0.5, 0.6) is 0 Å². The summed E-state index contributed by atoms with van der Waals surface area (Å²) in [7, 11) is 0. The fraction of sp³-hybridized carbons (Fsp3) is 0.270. The van der Waals surface area contributed by atoms with Crippen LogP contribution in [0.1, 0.15) is 74.6 Å². The molecule has 0 fully saturated rings. The number of allylic oxidation sites excluding steroid dienone is 6. The van der Waals surface area contributed by atoms with Gasteiger partial charge in [-0.3, -0.25) is 0 Å². The van der Waals surface area contributed by atoms with E-state index in [1.165, 1.54) is 0 Å². The molecule has 0 aromatic carbocycles. The average molecular weight is 755 g/mol. The Balaban J connectivity index is 0.00000224. The average Bonchev–Trinajstić information content (AvgIpc) is 3.71. The van der Waals surface area contributed by atoms with Gasteiger partial charge < -0.3 is 50.9 Å². The second-order valence-corrected chi connectivity index (χ2v) is 12.0. The smallest absolute Gasteiger partial charge is 0.657 e. The van der Waals surface area contributed by atoms with E-state index in [4.69, 9.17) is 25.7 Å². The molecule has 0 spiro atoms. The van der Waals surface area contributed by atoms with Crippen molar-refractivity contribution < 1.29 is 55.1 Å². The first-order chi connectivity index (χ1) is 23.2. The van der Waals surface area contributed by atoms with Crippen molar-refractivity contribution in [2.75, 3.05) is 5.75 Å². The maximum absolute atomic E-state index is 11.4. The van der Waals surface area contributed by atoms with Crippen LogP contribution in [-0.4, -0.2) is 45.1 Å². The first kappa shape index (κ1) is 42.4. The van der Waals surface area contributed by atoms with Crippen LogP contribution < -0.4 is 31.0 Å². The van der Waals surface area contributed by atoms with E-state index < -0.39 is 23.9 Å². The minimum Gasteiger partial charge on any atom is -0.657 e. The third-order valence-corrected chi connectivity index (χ3v) is 8.94. The number of hydrogen-bond acceptors (Lipinski definition) is 10. The van der Waals surface area contributed by atoms with Crippen LogP contribution in [0.2, 0.25) is 0 Å². The second kappa shape index (κ2) is 18.0. The van der Waals surface area contributed by atoms with Gasteiger partial charge >= 0.3 is 19.9 Å². The third-order valence-electron chi connectivity index (χ3n) is 8.54. The van der Waals surface area contributed by atoms with E-state index in [1.807, 2.05) is 45.9 Å². The van der Waals surface area contributed by atoms with E-state index in [0.29, 0.717) is 27.8 Å². The van der Waals surface area contributed by atoms with Crippen LogP contribution >= 0.6 is 12.6 Å². The predicted octanol–water partition coefficient (Wildman–Crippen LogP) is 1.18. The Morgan fingerprint density at radius 3 is 1.51 bits per heavy atom. The van der Waals surface area contributed by atoms with Gasteiger partial charge in [0.25, 0.3) is 0 Å². The van der Waals surface area contributed by atoms with Crippen molar-refractivity contribution in [2.45, 2.75) is 59.4 Å². The molecule has 12 nitrogen and oxygen atoms in total. The van der Waals surface area contributed by atoms with E-state index in [-0.39, 0.29) is 56.8 Å². The number of hydrogen-bond donors (Lipinski definition) is 2. The van der Waals surface area contributed by atoms with E-state index >= 15 is 0 Å². The minimum atomic E-state index is -1.25. The summed E-state index contributed by atoms with van der Waals surface area (Å²) in [6.07, 6.45) is 3.65. The fourth-order valence-corrected chi connectivity index (χ4v) is 5.83. The number of fused-ring (bicyclic) bond motifs is 8. The summed E-state index contributed by atoms with van der Waals surface area (Å²) in [4.78, 5) is 52.1. The summed E-state index contributed by atoms with van der Waals surface area (Å²) >= 11 is 3.61. The number of aryl methyl sites for hydroxylation is 4. The van der Waals surface area contributed by atoms with Gasteiger partial charge in [-0.25, -0.2) is 9.97 Å². The molecule has 1 atom stereocenters. The number of carbonyl (C=O) groups excluding carboxylic acids is 3. The summed E-state index contributed by atoms with van der Waals surface area (Å²) in [6.45, 7) is 15.8. The zero-order valence-electron chi connectivity index (χ0n) is 30.6. The second-order valence-electron chi connectivity index (χ2n) is 11.7. The molecular formula is C37H40FeN5O7S. The maximum atomic E-state index is 11.4. The van der Waals surface area contributed by atoms with Crippen LogP contribution in [0, 0.1) is 13.8 Å². The Hall–Kier alpha value is -4.72. The monoisotopic (exact) mass is 754 g/mol. The van der Waals surface area contributed by atoms with Crippen LogP contribution in [0.15, 0.2) is 49.6 Å². The largest absolute Gasteiger partial charge is 3.00 e. The quantitative estimate of drug-likeness (QED) is 0.220. The molecule has 0 aliphatic carbocycles. The standard InChI is InChI=1S/C34H34N4O4.C3H7NO2S.Fe.H2O/c1-7-21-17(3)25-13-26-19(5)23(9-11-33(39)40)31(37-26)16-32-24(10-12-34(41)42)20(6)28(38-32)15-30-22(8-2)18(4)27(36-30)14-29(21)35-25;4-2(1-7)3(5)6;;/h7-8,13-16H,1-2,9-12H2,3-6H3,(H4,35,36,37,38,39,40,41,42);2,7H,1,4H2,(H,5,6);;1H2/q;;+3;/p-3/t;2-;;/m.0../s1. The summed E-state index contributed by atoms with van der Waals surface area (Å²) < 4.78 is 0. The predicted molar refractivity (Wildman–Crippen MR) is 193 cm³/mol. The van der Waals surface area contributed by atoms with Crippen molar-refractivity contribution in [1.29, 1.82) is 0 Å². The Bertz CT molecular complexity index is 2130. The summed E-state index contributed by atoms with van der Waals surface area (Å²) in [5.41, 5.74) is 17.0. The van der Waals surface area contributed by atoms with Crippen LogP contribution in [0.25, 0.3) is 44.4 Å². The molecular weight excluding hydrogens is 714 g/mol. The van der Waals surface area contributed by atoms with Gasteiger partial charge in [-0.2, -0.15) is 12.6 Å². The van der Waals surface area contributed by atoms with E-state index in [0.717, 1.165) is 61.6 Å². The summed E-state index contributed by atoms with van der Waals surface area (Å²) in [5, 5.41) is 32.4. The normalized spacial score (nSPS) is 12.6. The zero-order valence-corrected chi connectivity index (χ0v) is 30.6. The molecule has 0 unspecified atom stereocenters. The van der Waals surface area contributed by atoms with Crippen LogP contribution in [0.3, 0.4) is 0 Å². The van der Waals surface area contributed by atoms with E-state index in [9.17, 15) is 29.7 Å². The van der Waals surface area contributed by atoms with Crippen LogP contribution in [0.4, 0.5) is 0 Å². The van der Waals surface area contributed by atoms with Gasteiger partial charge in [0.1, 0.15) is 0 Å². The topological polar surface area (TPSA) is 232 Å². The number of aromatic nitrogens is 4. The van der Waals surface area contributed by atoms with Gasteiger partial charge in [0.05, 0.1) is 34.8 Å². The van der Waals surface area contributed by atoms with Gasteiger partial charge in [0.15, 0.2) is 0 Å². The van der Waals surface area contributed by atoms with Gasteiger partial charge in [0.2, 0.25) is 0 Å². The number of thiol groups is 1.